The number of rotatable bonds is 7. The number of piperidine rings is 1. The molecule has 1 aromatic heterocycles. The van der Waals surface area contributed by atoms with Crippen LogP contribution in [0.2, 0.25) is 0 Å². The monoisotopic (exact) mass is 451 g/mol. The molecule has 2 heterocycles. The van der Waals surface area contributed by atoms with Gasteiger partial charge in [0.25, 0.3) is 0 Å². The van der Waals surface area contributed by atoms with Crippen molar-refractivity contribution in [2.45, 2.75) is 26.3 Å². The van der Waals surface area contributed by atoms with Crippen molar-refractivity contribution >= 4 is 38.7 Å². The summed E-state index contributed by atoms with van der Waals surface area (Å²) in [6, 6.07) is 11.8. The average Bonchev–Trinajstić information content (AvgIpc) is 3.20. The molecular weight excluding hydrogens is 422 g/mol. The van der Waals surface area contributed by atoms with E-state index in [0.717, 1.165) is 41.3 Å². The summed E-state index contributed by atoms with van der Waals surface area (Å²) in [7, 11) is 3.20. The summed E-state index contributed by atoms with van der Waals surface area (Å²) in [5.74, 6) is 1.97. The number of hydrogen-bond acceptors (Lipinski definition) is 6. The molecule has 168 valence electrons. The van der Waals surface area contributed by atoms with E-state index in [1.54, 1.807) is 20.3 Å². The lowest BCUT2D eigenvalue weighted by Crippen LogP contribution is -2.32. The number of carbonyl (C=O) groups excluding carboxylic acids is 1. The Hall–Kier alpha value is -2.90. The molecule has 0 atom stereocenters. The van der Waals surface area contributed by atoms with Gasteiger partial charge in [-0.1, -0.05) is 24.3 Å². The van der Waals surface area contributed by atoms with E-state index in [4.69, 9.17) is 9.47 Å². The Bertz CT molecular complexity index is 1120. The van der Waals surface area contributed by atoms with E-state index >= 15 is 0 Å². The molecule has 0 unspecified atom stereocenters. The maximum atomic E-state index is 12.5. The highest BCUT2D eigenvalue weighted by molar-refractivity contribution is 7.22. The smallest absolute Gasteiger partial charge is 0.250 e. The molecule has 1 N–H and O–H groups in total. The Morgan fingerprint density at radius 1 is 1.19 bits per heavy atom. The third kappa shape index (κ3) is 5.47. The maximum Gasteiger partial charge on any atom is 0.250 e. The summed E-state index contributed by atoms with van der Waals surface area (Å²) >= 11 is 1.50. The summed E-state index contributed by atoms with van der Waals surface area (Å²) in [5.41, 5.74) is 2.96. The standard InChI is InChI=1S/C25H29N3O3S/c1-17-10-12-28(13-11-17)16-18-4-7-21-23(14-18)32-25(26-21)27-24(29)9-5-19-15-20(30-2)6-8-22(19)31-3/h4-9,14-15,17H,10-13,16H2,1-3H3,(H,26,27,29)/b9-5+. The van der Waals surface area contributed by atoms with E-state index < -0.39 is 0 Å². The van der Waals surface area contributed by atoms with Crippen LogP contribution in [-0.2, 0) is 11.3 Å². The molecule has 0 saturated carbocycles. The fourth-order valence-corrected chi connectivity index (χ4v) is 4.81. The Morgan fingerprint density at radius 3 is 2.75 bits per heavy atom. The number of nitrogens with zero attached hydrogens (tertiary/aromatic N) is 2. The van der Waals surface area contributed by atoms with E-state index in [0.29, 0.717) is 16.6 Å². The second-order valence-electron chi connectivity index (χ2n) is 8.21. The Balaban J connectivity index is 1.42. The van der Waals surface area contributed by atoms with Gasteiger partial charge in [-0.3, -0.25) is 15.0 Å². The number of benzene rings is 2. The van der Waals surface area contributed by atoms with E-state index in [1.165, 1.54) is 35.8 Å². The van der Waals surface area contributed by atoms with Crippen molar-refractivity contribution in [1.82, 2.24) is 9.88 Å². The molecule has 1 aliphatic heterocycles. The van der Waals surface area contributed by atoms with Crippen molar-refractivity contribution in [2.75, 3.05) is 32.6 Å². The molecule has 0 aliphatic carbocycles. The van der Waals surface area contributed by atoms with Gasteiger partial charge in [0.05, 0.1) is 24.4 Å². The van der Waals surface area contributed by atoms with Crippen molar-refractivity contribution in [2.24, 2.45) is 5.92 Å². The number of nitrogens with one attached hydrogen (secondary N) is 1. The number of amides is 1. The Labute approximate surface area is 192 Å². The molecule has 4 rings (SSSR count). The van der Waals surface area contributed by atoms with Crippen molar-refractivity contribution in [3.05, 3.63) is 53.6 Å². The van der Waals surface area contributed by atoms with Crippen LogP contribution in [0.25, 0.3) is 16.3 Å². The number of aromatic nitrogens is 1. The van der Waals surface area contributed by atoms with Gasteiger partial charge in [-0.05, 0) is 73.8 Å². The van der Waals surface area contributed by atoms with Crippen LogP contribution in [0.3, 0.4) is 0 Å². The predicted molar refractivity (Wildman–Crippen MR) is 131 cm³/mol. The minimum absolute atomic E-state index is 0.239. The number of ether oxygens (including phenoxy) is 2. The minimum Gasteiger partial charge on any atom is -0.497 e. The predicted octanol–water partition coefficient (Wildman–Crippen LogP) is 5.20. The molecule has 0 bridgehead atoms. The summed E-state index contributed by atoms with van der Waals surface area (Å²) in [4.78, 5) is 19.5. The maximum absolute atomic E-state index is 12.5. The van der Waals surface area contributed by atoms with E-state index in [-0.39, 0.29) is 5.91 Å². The van der Waals surface area contributed by atoms with Gasteiger partial charge in [0.1, 0.15) is 11.5 Å². The molecule has 0 radical (unpaired) electrons. The van der Waals surface area contributed by atoms with E-state index in [9.17, 15) is 4.79 Å². The summed E-state index contributed by atoms with van der Waals surface area (Å²) in [6.45, 7) is 5.62. The third-order valence-electron chi connectivity index (χ3n) is 5.82. The summed E-state index contributed by atoms with van der Waals surface area (Å²) < 4.78 is 11.7. The summed E-state index contributed by atoms with van der Waals surface area (Å²) in [5, 5.41) is 3.47. The fourth-order valence-electron chi connectivity index (χ4n) is 3.88. The first-order valence-corrected chi connectivity index (χ1v) is 11.7. The molecule has 1 amide bonds. The van der Waals surface area contributed by atoms with Gasteiger partial charge >= 0.3 is 0 Å². The zero-order valence-electron chi connectivity index (χ0n) is 18.8. The number of likely N-dealkylation sites (tertiary alicyclic amines) is 1. The molecule has 2 aromatic carbocycles. The van der Waals surface area contributed by atoms with Crippen LogP contribution in [-0.4, -0.2) is 43.1 Å². The van der Waals surface area contributed by atoms with Crippen LogP contribution in [0.4, 0.5) is 5.13 Å². The lowest BCUT2D eigenvalue weighted by molar-refractivity contribution is -0.111. The normalized spacial score (nSPS) is 15.3. The van der Waals surface area contributed by atoms with Gasteiger partial charge in [-0.25, -0.2) is 4.98 Å². The largest absolute Gasteiger partial charge is 0.497 e. The van der Waals surface area contributed by atoms with E-state index in [1.807, 2.05) is 24.3 Å². The molecule has 6 nitrogen and oxygen atoms in total. The quantitative estimate of drug-likeness (QED) is 0.501. The van der Waals surface area contributed by atoms with Gasteiger partial charge in [0.15, 0.2) is 5.13 Å². The van der Waals surface area contributed by atoms with Crippen molar-refractivity contribution in [1.29, 1.82) is 0 Å². The second kappa shape index (κ2) is 10.1. The lowest BCUT2D eigenvalue weighted by atomic mass is 9.99. The second-order valence-corrected chi connectivity index (χ2v) is 9.24. The zero-order valence-corrected chi connectivity index (χ0v) is 19.6. The highest BCUT2D eigenvalue weighted by Gasteiger charge is 2.16. The molecule has 32 heavy (non-hydrogen) atoms. The van der Waals surface area contributed by atoms with Gasteiger partial charge in [0.2, 0.25) is 5.91 Å². The van der Waals surface area contributed by atoms with Crippen LogP contribution >= 0.6 is 11.3 Å². The van der Waals surface area contributed by atoms with Gasteiger partial charge in [-0.2, -0.15) is 0 Å². The SMILES string of the molecule is COc1ccc(OC)c(/C=C/C(=O)Nc2nc3ccc(CN4CCC(C)CC4)cc3s2)c1. The van der Waals surface area contributed by atoms with Crippen LogP contribution < -0.4 is 14.8 Å². The molecule has 1 fully saturated rings. The van der Waals surface area contributed by atoms with Gasteiger partial charge in [-0.15, -0.1) is 0 Å². The fraction of sp³-hybridized carbons (Fsp3) is 0.360. The molecule has 7 heteroatoms. The Kier molecular flexibility index (Phi) is 7.07. The van der Waals surface area contributed by atoms with Gasteiger partial charge in [0, 0.05) is 18.2 Å². The molecular formula is C25H29N3O3S. The average molecular weight is 452 g/mol. The topological polar surface area (TPSA) is 63.7 Å². The van der Waals surface area contributed by atoms with Crippen molar-refractivity contribution < 1.29 is 14.3 Å². The third-order valence-corrected chi connectivity index (χ3v) is 6.75. The molecule has 1 aliphatic rings. The zero-order chi connectivity index (χ0) is 22.5. The summed E-state index contributed by atoms with van der Waals surface area (Å²) in [6.07, 6.45) is 5.73. The number of methoxy groups -OCH3 is 2. The number of anilines is 1. The van der Waals surface area contributed by atoms with Crippen LogP contribution in [0, 0.1) is 5.92 Å². The van der Waals surface area contributed by atoms with Crippen LogP contribution in [0.5, 0.6) is 11.5 Å². The Morgan fingerprint density at radius 2 is 2.00 bits per heavy atom. The number of fused-ring (bicyclic) bond motifs is 1. The van der Waals surface area contributed by atoms with Gasteiger partial charge < -0.3 is 9.47 Å². The molecule has 3 aromatic rings. The van der Waals surface area contributed by atoms with E-state index in [2.05, 4.69) is 34.3 Å². The first-order valence-electron chi connectivity index (χ1n) is 10.9. The van der Waals surface area contributed by atoms with Crippen LogP contribution in [0.1, 0.15) is 30.9 Å². The number of hydrogen-bond donors (Lipinski definition) is 1. The van der Waals surface area contributed by atoms with Crippen molar-refractivity contribution in [3.63, 3.8) is 0 Å². The molecule has 1 saturated heterocycles. The highest BCUT2D eigenvalue weighted by Crippen LogP contribution is 2.28. The van der Waals surface area contributed by atoms with Crippen molar-refractivity contribution in [3.8, 4) is 11.5 Å². The van der Waals surface area contributed by atoms with Crippen LogP contribution in [0.15, 0.2) is 42.5 Å². The first kappa shape index (κ1) is 22.3. The number of thiazole rings is 1. The number of carbonyl (C=O) groups is 1. The minimum atomic E-state index is -0.239. The first-order chi connectivity index (χ1) is 15.5. The highest BCUT2D eigenvalue weighted by atomic mass is 32.1. The lowest BCUT2D eigenvalue weighted by Gasteiger charge is -2.30. The molecule has 0 spiro atoms.